The van der Waals surface area contributed by atoms with E-state index in [1.807, 2.05) is 13.8 Å². The fraction of sp³-hybridized carbons (Fsp3) is 0.263. The predicted octanol–water partition coefficient (Wildman–Crippen LogP) is 4.11. The van der Waals surface area contributed by atoms with Crippen molar-refractivity contribution >= 4 is 28.0 Å². The summed E-state index contributed by atoms with van der Waals surface area (Å²) in [6, 6.07) is 8.28. The van der Waals surface area contributed by atoms with Crippen molar-refractivity contribution < 1.29 is 18.3 Å². The van der Waals surface area contributed by atoms with Gasteiger partial charge in [-0.05, 0) is 32.0 Å². The first-order chi connectivity index (χ1) is 13.5. The Bertz CT molecular complexity index is 1170. The molecule has 0 bridgehead atoms. The van der Waals surface area contributed by atoms with Gasteiger partial charge in [0.2, 0.25) is 0 Å². The van der Waals surface area contributed by atoms with Gasteiger partial charge in [-0.1, -0.05) is 12.1 Å². The second kappa shape index (κ2) is 6.99. The molecule has 0 atom stereocenters. The van der Waals surface area contributed by atoms with Crippen LogP contribution in [0.3, 0.4) is 0 Å². The number of hydrogen-bond donors (Lipinski definition) is 0. The number of fused-ring (bicyclic) bond motifs is 2. The standard InChI is InChI=1S/C19H17F2N5O2/c1-11(2)26-17-12(9-23-26)7-13(8-22-17)18(27)28-10-16-24-14-5-3-4-6-15(14)25(16)19(20)21/h3-9,11,19H,10H2,1-2H3. The second-order valence-corrected chi connectivity index (χ2v) is 6.56. The SMILES string of the molecule is CC(C)n1ncc2cc(C(=O)OCc3nc4ccccc4n3C(F)F)cnc21. The lowest BCUT2D eigenvalue weighted by atomic mass is 10.2. The number of carbonyl (C=O) groups is 1. The number of pyridine rings is 1. The predicted molar refractivity (Wildman–Crippen MR) is 98.0 cm³/mol. The van der Waals surface area contributed by atoms with Crippen molar-refractivity contribution in [3.8, 4) is 0 Å². The van der Waals surface area contributed by atoms with Crippen molar-refractivity contribution in [3.63, 3.8) is 0 Å². The maximum absolute atomic E-state index is 13.4. The van der Waals surface area contributed by atoms with Crippen LogP contribution < -0.4 is 0 Å². The molecule has 0 fully saturated rings. The lowest BCUT2D eigenvalue weighted by Gasteiger charge is -2.09. The summed E-state index contributed by atoms with van der Waals surface area (Å²) in [6.07, 6.45) is 3.01. The van der Waals surface area contributed by atoms with E-state index in [2.05, 4.69) is 15.1 Å². The lowest BCUT2D eigenvalue weighted by molar-refractivity contribution is 0.0387. The molecule has 0 spiro atoms. The number of nitrogens with zero attached hydrogens (tertiary/aromatic N) is 5. The summed E-state index contributed by atoms with van der Waals surface area (Å²) in [5.41, 5.74) is 1.58. The summed E-state index contributed by atoms with van der Waals surface area (Å²) in [6.45, 7) is 0.791. The highest BCUT2D eigenvalue weighted by molar-refractivity contribution is 5.93. The fourth-order valence-corrected chi connectivity index (χ4v) is 3.06. The highest BCUT2D eigenvalue weighted by atomic mass is 19.3. The summed E-state index contributed by atoms with van der Waals surface area (Å²) in [5, 5.41) is 4.95. The van der Waals surface area contributed by atoms with Crippen LogP contribution in [0.25, 0.3) is 22.1 Å². The zero-order chi connectivity index (χ0) is 19.8. The number of aromatic nitrogens is 5. The number of alkyl halides is 2. The summed E-state index contributed by atoms with van der Waals surface area (Å²) < 4.78 is 34.6. The molecule has 0 aliphatic heterocycles. The first kappa shape index (κ1) is 18.0. The van der Waals surface area contributed by atoms with Crippen LogP contribution in [0.4, 0.5) is 8.78 Å². The van der Waals surface area contributed by atoms with Crippen LogP contribution >= 0.6 is 0 Å². The molecule has 144 valence electrons. The van der Waals surface area contributed by atoms with Gasteiger partial charge in [-0.15, -0.1) is 0 Å². The molecule has 4 rings (SSSR count). The quantitative estimate of drug-likeness (QED) is 0.483. The minimum atomic E-state index is -2.79. The van der Waals surface area contributed by atoms with Crippen molar-refractivity contribution in [2.45, 2.75) is 33.0 Å². The maximum atomic E-state index is 13.4. The van der Waals surface area contributed by atoms with Gasteiger partial charge in [0, 0.05) is 17.6 Å². The number of halogens is 2. The third-order valence-corrected chi connectivity index (χ3v) is 4.35. The van der Waals surface area contributed by atoms with Gasteiger partial charge in [-0.2, -0.15) is 13.9 Å². The average molecular weight is 385 g/mol. The van der Waals surface area contributed by atoms with Crippen LogP contribution in [0, 0.1) is 0 Å². The van der Waals surface area contributed by atoms with Crippen LogP contribution in [0.1, 0.15) is 42.6 Å². The molecule has 7 nitrogen and oxygen atoms in total. The van der Waals surface area contributed by atoms with Gasteiger partial charge in [0.15, 0.2) is 11.5 Å². The minimum absolute atomic E-state index is 0.0220. The van der Waals surface area contributed by atoms with Crippen LogP contribution in [-0.4, -0.2) is 30.3 Å². The Morgan fingerprint density at radius 2 is 2.00 bits per heavy atom. The van der Waals surface area contributed by atoms with Gasteiger partial charge in [0.1, 0.15) is 6.61 Å². The Morgan fingerprint density at radius 1 is 1.21 bits per heavy atom. The van der Waals surface area contributed by atoms with Gasteiger partial charge in [0.05, 0.1) is 22.8 Å². The number of rotatable bonds is 5. The van der Waals surface area contributed by atoms with E-state index < -0.39 is 12.5 Å². The lowest BCUT2D eigenvalue weighted by Crippen LogP contribution is -2.11. The molecular weight excluding hydrogens is 368 g/mol. The molecule has 3 aromatic heterocycles. The van der Waals surface area contributed by atoms with E-state index >= 15 is 0 Å². The van der Waals surface area contributed by atoms with Crippen molar-refractivity contribution in [3.05, 3.63) is 54.1 Å². The monoisotopic (exact) mass is 385 g/mol. The zero-order valence-electron chi connectivity index (χ0n) is 15.2. The van der Waals surface area contributed by atoms with Crippen molar-refractivity contribution in [2.24, 2.45) is 0 Å². The first-order valence-corrected chi connectivity index (χ1v) is 8.70. The summed E-state index contributed by atoms with van der Waals surface area (Å²) in [5.74, 6) is -0.689. The minimum Gasteiger partial charge on any atom is -0.454 e. The van der Waals surface area contributed by atoms with Gasteiger partial charge >= 0.3 is 12.5 Å². The Kier molecular flexibility index (Phi) is 4.50. The Balaban J connectivity index is 1.57. The fourth-order valence-electron chi connectivity index (χ4n) is 3.06. The normalized spacial score (nSPS) is 11.8. The topological polar surface area (TPSA) is 74.8 Å². The molecule has 0 aliphatic carbocycles. The van der Waals surface area contributed by atoms with E-state index in [0.717, 1.165) is 4.57 Å². The first-order valence-electron chi connectivity index (χ1n) is 8.70. The number of carbonyl (C=O) groups excluding carboxylic acids is 1. The summed E-state index contributed by atoms with van der Waals surface area (Å²) >= 11 is 0. The largest absolute Gasteiger partial charge is 0.454 e. The molecular formula is C19H17F2N5O2. The third kappa shape index (κ3) is 3.08. The number of para-hydroxylation sites is 2. The Morgan fingerprint density at radius 3 is 2.75 bits per heavy atom. The van der Waals surface area contributed by atoms with E-state index in [-0.39, 0.29) is 29.6 Å². The van der Waals surface area contributed by atoms with Gasteiger partial charge in [-0.25, -0.2) is 19.4 Å². The number of esters is 1. The van der Waals surface area contributed by atoms with Crippen molar-refractivity contribution in [1.29, 1.82) is 0 Å². The molecule has 0 radical (unpaired) electrons. The van der Waals surface area contributed by atoms with E-state index in [0.29, 0.717) is 16.6 Å². The molecule has 3 heterocycles. The van der Waals surface area contributed by atoms with Gasteiger partial charge in [-0.3, -0.25) is 4.57 Å². The summed E-state index contributed by atoms with van der Waals surface area (Å²) in [4.78, 5) is 20.8. The highest BCUT2D eigenvalue weighted by Gasteiger charge is 2.19. The molecule has 0 amide bonds. The zero-order valence-corrected chi connectivity index (χ0v) is 15.2. The van der Waals surface area contributed by atoms with Crippen LogP contribution in [0.15, 0.2) is 42.7 Å². The molecule has 1 aromatic carbocycles. The number of hydrogen-bond acceptors (Lipinski definition) is 5. The second-order valence-electron chi connectivity index (χ2n) is 6.56. The third-order valence-electron chi connectivity index (χ3n) is 4.35. The molecule has 0 N–H and O–H groups in total. The highest BCUT2D eigenvalue weighted by Crippen LogP contribution is 2.24. The van der Waals surface area contributed by atoms with E-state index in [9.17, 15) is 13.6 Å². The van der Waals surface area contributed by atoms with E-state index in [1.165, 1.54) is 6.20 Å². The van der Waals surface area contributed by atoms with Crippen LogP contribution in [0.2, 0.25) is 0 Å². The van der Waals surface area contributed by atoms with Crippen molar-refractivity contribution in [2.75, 3.05) is 0 Å². The van der Waals surface area contributed by atoms with E-state index in [4.69, 9.17) is 4.74 Å². The molecule has 0 saturated carbocycles. The summed E-state index contributed by atoms with van der Waals surface area (Å²) in [7, 11) is 0. The van der Waals surface area contributed by atoms with E-state index in [1.54, 1.807) is 41.2 Å². The Labute approximate surface area is 158 Å². The molecule has 4 aromatic rings. The number of ether oxygens (including phenoxy) is 1. The van der Waals surface area contributed by atoms with Crippen LogP contribution in [0.5, 0.6) is 0 Å². The average Bonchev–Trinajstić information content (AvgIpc) is 3.26. The molecule has 28 heavy (non-hydrogen) atoms. The molecule has 0 aliphatic rings. The van der Waals surface area contributed by atoms with Gasteiger partial charge < -0.3 is 4.74 Å². The Hall–Kier alpha value is -3.36. The molecule has 0 unspecified atom stereocenters. The smallest absolute Gasteiger partial charge is 0.340 e. The maximum Gasteiger partial charge on any atom is 0.340 e. The number of imidazole rings is 1. The molecule has 0 saturated heterocycles. The van der Waals surface area contributed by atoms with Crippen LogP contribution in [-0.2, 0) is 11.3 Å². The van der Waals surface area contributed by atoms with Gasteiger partial charge in [0.25, 0.3) is 0 Å². The molecule has 9 heteroatoms. The number of benzene rings is 1. The van der Waals surface area contributed by atoms with Crippen molar-refractivity contribution in [1.82, 2.24) is 24.3 Å².